The molecule has 0 radical (unpaired) electrons. The maximum Gasteiger partial charge on any atom is 0.416 e. The molecule has 1 aromatic carbocycles. The number of nitrogens with zero attached hydrogens (tertiary/aromatic N) is 2. The van der Waals surface area contributed by atoms with Gasteiger partial charge in [-0.1, -0.05) is 12.1 Å². The summed E-state index contributed by atoms with van der Waals surface area (Å²) in [4.78, 5) is 6.72. The highest BCUT2D eigenvalue weighted by Gasteiger charge is 2.46. The second kappa shape index (κ2) is 8.74. The van der Waals surface area contributed by atoms with Crippen LogP contribution in [0, 0.1) is 5.41 Å². The van der Waals surface area contributed by atoms with Crippen molar-refractivity contribution in [3.05, 3.63) is 53.7 Å². The van der Waals surface area contributed by atoms with Gasteiger partial charge < -0.3 is 14.4 Å². The molecule has 0 amide bonds. The topological polar surface area (TPSA) is 68.7 Å². The van der Waals surface area contributed by atoms with Crippen LogP contribution >= 0.6 is 0 Å². The molecule has 3 aliphatic rings. The number of ether oxygens (including phenoxy) is 2. The van der Waals surface area contributed by atoms with Crippen molar-refractivity contribution >= 4 is 15.7 Å². The van der Waals surface area contributed by atoms with Crippen molar-refractivity contribution in [3.8, 4) is 0 Å². The third-order valence-electron chi connectivity index (χ3n) is 7.74. The zero-order valence-electron chi connectivity index (χ0n) is 19.6. The van der Waals surface area contributed by atoms with E-state index in [0.29, 0.717) is 11.1 Å². The minimum absolute atomic E-state index is 0.114. The number of alkyl halides is 3. The van der Waals surface area contributed by atoms with Gasteiger partial charge in [0, 0.05) is 25.1 Å². The number of anilines is 1. The summed E-state index contributed by atoms with van der Waals surface area (Å²) in [5, 5.41) is 0. The zero-order valence-corrected chi connectivity index (χ0v) is 20.4. The molecule has 190 valence electrons. The van der Waals surface area contributed by atoms with Gasteiger partial charge in [-0.2, -0.15) is 13.2 Å². The van der Waals surface area contributed by atoms with E-state index in [9.17, 15) is 21.6 Å². The van der Waals surface area contributed by atoms with Crippen molar-refractivity contribution in [2.75, 3.05) is 37.8 Å². The first kappa shape index (κ1) is 24.5. The SMILES string of the molecule is CC1(S(=O)(=O)c2cccc(C(F)(F)F)c2)CCOC(c2cccc(N3CCC4(CC3)COC4)n2)C1. The fraction of sp³-hybridized carbons (Fsp3) is 0.560. The maximum atomic E-state index is 13.5. The van der Waals surface area contributed by atoms with Crippen LogP contribution in [0.25, 0.3) is 0 Å². The largest absolute Gasteiger partial charge is 0.416 e. The molecule has 0 bridgehead atoms. The average molecular weight is 511 g/mol. The molecular weight excluding hydrogens is 481 g/mol. The molecule has 4 heterocycles. The third-order valence-corrected chi connectivity index (χ3v) is 10.3. The predicted octanol–water partition coefficient (Wildman–Crippen LogP) is 4.80. The summed E-state index contributed by atoms with van der Waals surface area (Å²) < 4.78 is 76.7. The number of halogens is 3. The molecule has 6 nitrogen and oxygen atoms in total. The zero-order chi connectivity index (χ0) is 24.9. The fourth-order valence-corrected chi connectivity index (χ4v) is 7.04. The van der Waals surface area contributed by atoms with Crippen LogP contribution in [-0.4, -0.2) is 51.1 Å². The lowest BCUT2D eigenvalue weighted by Gasteiger charge is -2.47. The first-order valence-corrected chi connectivity index (χ1v) is 13.3. The van der Waals surface area contributed by atoms with Gasteiger partial charge >= 0.3 is 6.18 Å². The van der Waals surface area contributed by atoms with Gasteiger partial charge in [0.15, 0.2) is 9.84 Å². The van der Waals surface area contributed by atoms with E-state index in [1.165, 1.54) is 6.07 Å². The first-order chi connectivity index (χ1) is 16.5. The van der Waals surface area contributed by atoms with Crippen LogP contribution in [0.3, 0.4) is 0 Å². The fourth-order valence-electron chi connectivity index (χ4n) is 5.21. The number of sulfone groups is 1. The van der Waals surface area contributed by atoms with E-state index >= 15 is 0 Å². The van der Waals surface area contributed by atoms with Gasteiger partial charge in [-0.05, 0) is 62.9 Å². The Morgan fingerprint density at radius 3 is 2.43 bits per heavy atom. The Morgan fingerprint density at radius 2 is 1.77 bits per heavy atom. The number of piperidine rings is 1. The number of rotatable bonds is 4. The van der Waals surface area contributed by atoms with Crippen LogP contribution in [0.2, 0.25) is 0 Å². The smallest absolute Gasteiger partial charge is 0.380 e. The molecule has 10 heteroatoms. The van der Waals surface area contributed by atoms with Crippen LogP contribution in [0.15, 0.2) is 47.4 Å². The van der Waals surface area contributed by atoms with Gasteiger partial charge in [0.05, 0.1) is 34.1 Å². The van der Waals surface area contributed by atoms with Crippen molar-refractivity contribution in [2.45, 2.75) is 54.5 Å². The van der Waals surface area contributed by atoms with Crippen molar-refractivity contribution in [1.29, 1.82) is 0 Å². The van der Waals surface area contributed by atoms with Gasteiger partial charge in [0.25, 0.3) is 0 Å². The standard InChI is InChI=1S/C25H29F3N2O4S/c1-23(35(31,32)19-5-2-4-18(14-19)25(26,27)28)10-13-34-21(15-23)20-6-3-7-22(29-20)30-11-8-24(9-12-30)16-33-17-24/h2-7,14,21H,8-13,15-17H2,1H3. The third kappa shape index (κ3) is 4.56. The van der Waals surface area contributed by atoms with Crippen molar-refractivity contribution < 1.29 is 31.1 Å². The van der Waals surface area contributed by atoms with Crippen molar-refractivity contribution in [2.24, 2.45) is 5.41 Å². The monoisotopic (exact) mass is 510 g/mol. The van der Waals surface area contributed by atoms with Crippen LogP contribution in [0.4, 0.5) is 19.0 Å². The van der Waals surface area contributed by atoms with E-state index in [2.05, 4.69) is 4.90 Å². The Balaban J connectivity index is 1.36. The van der Waals surface area contributed by atoms with Gasteiger partial charge in [0.2, 0.25) is 0 Å². The van der Waals surface area contributed by atoms with E-state index in [0.717, 1.165) is 63.2 Å². The highest BCUT2D eigenvalue weighted by atomic mass is 32.2. The van der Waals surface area contributed by atoms with Gasteiger partial charge in [0.1, 0.15) is 11.9 Å². The highest BCUT2D eigenvalue weighted by Crippen LogP contribution is 2.43. The molecule has 3 aliphatic heterocycles. The summed E-state index contributed by atoms with van der Waals surface area (Å²) in [5.74, 6) is 0.828. The normalized spacial score (nSPS) is 27.0. The molecule has 1 spiro atoms. The second-order valence-electron chi connectivity index (χ2n) is 10.2. The number of hydrogen-bond acceptors (Lipinski definition) is 6. The van der Waals surface area contributed by atoms with Crippen molar-refractivity contribution in [1.82, 2.24) is 4.98 Å². The maximum absolute atomic E-state index is 13.5. The van der Waals surface area contributed by atoms with E-state index in [1.807, 2.05) is 18.2 Å². The molecule has 5 rings (SSSR count). The predicted molar refractivity (Wildman–Crippen MR) is 124 cm³/mol. The minimum atomic E-state index is -4.62. The Morgan fingerprint density at radius 1 is 1.06 bits per heavy atom. The quantitative estimate of drug-likeness (QED) is 0.589. The van der Waals surface area contributed by atoms with E-state index in [-0.39, 0.29) is 24.3 Å². The van der Waals surface area contributed by atoms with Crippen LogP contribution in [0.5, 0.6) is 0 Å². The number of pyridine rings is 1. The first-order valence-electron chi connectivity index (χ1n) is 11.8. The average Bonchev–Trinajstić information content (AvgIpc) is 2.83. The summed E-state index contributed by atoms with van der Waals surface area (Å²) >= 11 is 0. The van der Waals surface area contributed by atoms with E-state index in [1.54, 1.807) is 6.92 Å². The lowest BCUT2D eigenvalue weighted by atomic mass is 9.77. The Hall–Kier alpha value is -2.17. The minimum Gasteiger partial charge on any atom is -0.380 e. The molecule has 35 heavy (non-hydrogen) atoms. The van der Waals surface area contributed by atoms with Crippen LogP contribution in [0.1, 0.15) is 50.0 Å². The van der Waals surface area contributed by atoms with Crippen LogP contribution in [-0.2, 0) is 25.5 Å². The van der Waals surface area contributed by atoms with Gasteiger partial charge in [-0.15, -0.1) is 0 Å². The number of aromatic nitrogens is 1. The van der Waals surface area contributed by atoms with Gasteiger partial charge in [-0.25, -0.2) is 13.4 Å². The van der Waals surface area contributed by atoms with Crippen molar-refractivity contribution in [3.63, 3.8) is 0 Å². The molecular formula is C25H29F3N2O4S. The summed E-state index contributed by atoms with van der Waals surface area (Å²) in [5.41, 5.74) is -0.0305. The molecule has 3 saturated heterocycles. The summed E-state index contributed by atoms with van der Waals surface area (Å²) in [6.45, 7) is 5.18. The Labute approximate surface area is 203 Å². The summed E-state index contributed by atoms with van der Waals surface area (Å²) in [6, 6.07) is 9.63. The van der Waals surface area contributed by atoms with Crippen LogP contribution < -0.4 is 4.90 Å². The molecule has 2 atom stereocenters. The molecule has 0 saturated carbocycles. The number of benzene rings is 1. The van der Waals surface area contributed by atoms with Gasteiger partial charge in [-0.3, -0.25) is 0 Å². The molecule has 0 aliphatic carbocycles. The molecule has 0 N–H and O–H groups in total. The summed E-state index contributed by atoms with van der Waals surface area (Å²) in [6.07, 6.45) is -2.78. The lowest BCUT2D eigenvalue weighted by molar-refractivity contribution is -0.137. The second-order valence-corrected chi connectivity index (χ2v) is 12.7. The molecule has 3 fully saturated rings. The van der Waals surface area contributed by atoms with E-state index in [4.69, 9.17) is 14.5 Å². The Kier molecular flexibility index (Phi) is 6.12. The lowest BCUT2D eigenvalue weighted by Crippen LogP contribution is -2.51. The number of hydrogen-bond donors (Lipinski definition) is 0. The highest BCUT2D eigenvalue weighted by molar-refractivity contribution is 7.92. The molecule has 2 aromatic rings. The molecule has 1 aromatic heterocycles. The van der Waals surface area contributed by atoms with E-state index < -0.39 is 32.4 Å². The summed E-state index contributed by atoms with van der Waals surface area (Å²) in [7, 11) is -4.06. The molecule has 2 unspecified atom stereocenters. The Bertz CT molecular complexity index is 1190.